The normalized spacial score (nSPS) is 11.9. The molecule has 0 aliphatic rings. The van der Waals surface area contributed by atoms with Gasteiger partial charge >= 0.3 is 0 Å². The number of allylic oxidation sites excluding steroid dienone is 4. The molecule has 2 aromatic carbocycles. The Labute approximate surface area is 157 Å². The topological polar surface area (TPSA) is 113 Å². The van der Waals surface area contributed by atoms with E-state index in [1.807, 2.05) is 78.9 Å². The molecule has 0 saturated carbocycles. The van der Waals surface area contributed by atoms with Crippen LogP contribution in [0.15, 0.2) is 77.3 Å². The summed E-state index contributed by atoms with van der Waals surface area (Å²) >= 11 is 0. The first-order valence-corrected chi connectivity index (χ1v) is 8.37. The lowest BCUT2D eigenvalue weighted by Gasteiger charge is -1.97. The number of nitrogens with one attached hydrogen (secondary N) is 2. The van der Waals surface area contributed by atoms with Crippen molar-refractivity contribution in [2.24, 2.45) is 11.5 Å². The quantitative estimate of drug-likeness (QED) is 0.300. The van der Waals surface area contributed by atoms with E-state index < -0.39 is 0 Å². The lowest BCUT2D eigenvalue weighted by atomic mass is 10.1. The summed E-state index contributed by atoms with van der Waals surface area (Å²) in [5.41, 5.74) is 14.1. The predicted octanol–water partition coefficient (Wildman–Crippen LogP) is 4.28. The molecule has 134 valence electrons. The molecule has 0 amide bonds. The molecule has 5 heteroatoms. The molecule has 0 radical (unpaired) electrons. The van der Waals surface area contributed by atoms with E-state index in [2.05, 4.69) is 0 Å². The van der Waals surface area contributed by atoms with Gasteiger partial charge in [-0.15, -0.1) is 0 Å². The van der Waals surface area contributed by atoms with E-state index in [-0.39, 0.29) is 11.7 Å². The Morgan fingerprint density at radius 1 is 0.741 bits per heavy atom. The summed E-state index contributed by atoms with van der Waals surface area (Å²) in [5, 5.41) is 15.8. The van der Waals surface area contributed by atoms with Crippen molar-refractivity contribution in [3.8, 4) is 0 Å². The molecule has 0 aliphatic carbocycles. The molecular formula is C22H20N4O. The monoisotopic (exact) mass is 356 g/mol. The second-order valence-electron chi connectivity index (χ2n) is 5.95. The summed E-state index contributed by atoms with van der Waals surface area (Å²) in [4.78, 5) is 0. The molecule has 0 atom stereocenters. The molecule has 6 N–H and O–H groups in total. The molecular weight excluding hydrogens is 336 g/mol. The first-order chi connectivity index (χ1) is 13.0. The van der Waals surface area contributed by atoms with Crippen molar-refractivity contribution in [2.75, 3.05) is 0 Å². The Bertz CT molecular complexity index is 1070. The van der Waals surface area contributed by atoms with Gasteiger partial charge in [0.15, 0.2) is 0 Å². The van der Waals surface area contributed by atoms with Gasteiger partial charge in [-0.3, -0.25) is 10.8 Å². The molecule has 1 heterocycles. The Balaban J connectivity index is 1.62. The number of hydrogen-bond donors (Lipinski definition) is 4. The molecule has 27 heavy (non-hydrogen) atoms. The number of furan rings is 1. The highest BCUT2D eigenvalue weighted by Gasteiger charge is 2.03. The molecule has 0 fully saturated rings. The van der Waals surface area contributed by atoms with Crippen LogP contribution in [-0.2, 0) is 0 Å². The van der Waals surface area contributed by atoms with Gasteiger partial charge in [0, 0.05) is 16.5 Å². The van der Waals surface area contributed by atoms with Gasteiger partial charge in [0.05, 0.1) is 0 Å². The number of nitrogen functional groups attached to an aromatic ring is 2. The summed E-state index contributed by atoms with van der Waals surface area (Å²) in [6, 6.07) is 14.8. The maximum atomic E-state index is 7.49. The summed E-state index contributed by atoms with van der Waals surface area (Å²) in [6.45, 7) is 0. The van der Waals surface area contributed by atoms with Gasteiger partial charge in [-0.2, -0.15) is 0 Å². The Hall–Kier alpha value is -3.86. The van der Waals surface area contributed by atoms with Crippen LogP contribution >= 0.6 is 0 Å². The van der Waals surface area contributed by atoms with Crippen molar-refractivity contribution in [1.82, 2.24) is 0 Å². The molecule has 0 saturated heterocycles. The van der Waals surface area contributed by atoms with Gasteiger partial charge in [-0.25, -0.2) is 0 Å². The standard InChI is InChI=1S/C22H20N4O/c23-21(24)16-9-7-15(8-10-16)5-3-1-2-4-6-19-14-18-13-17(22(25)26)11-12-20(18)27-19/h1-14H,(H3,23,24)(H3,25,26)/b2-1+,5-3+,6-4+. The molecule has 1 aromatic heterocycles. The van der Waals surface area contributed by atoms with Gasteiger partial charge in [0.2, 0.25) is 0 Å². The molecule has 3 aromatic rings. The fourth-order valence-corrected chi connectivity index (χ4v) is 2.53. The molecule has 0 bridgehead atoms. The lowest BCUT2D eigenvalue weighted by molar-refractivity contribution is 0.604. The van der Waals surface area contributed by atoms with Crippen LogP contribution in [0.2, 0.25) is 0 Å². The van der Waals surface area contributed by atoms with Crippen molar-refractivity contribution >= 4 is 34.8 Å². The van der Waals surface area contributed by atoms with Crippen molar-refractivity contribution < 1.29 is 4.42 Å². The van der Waals surface area contributed by atoms with E-state index in [1.165, 1.54) is 0 Å². The average molecular weight is 356 g/mol. The minimum absolute atomic E-state index is 0.0425. The maximum absolute atomic E-state index is 7.49. The van der Waals surface area contributed by atoms with E-state index in [9.17, 15) is 0 Å². The minimum atomic E-state index is 0.0425. The average Bonchev–Trinajstić information content (AvgIpc) is 3.06. The summed E-state index contributed by atoms with van der Waals surface area (Å²) in [7, 11) is 0. The second-order valence-corrected chi connectivity index (χ2v) is 5.95. The van der Waals surface area contributed by atoms with Crippen LogP contribution in [0, 0.1) is 10.8 Å². The first kappa shape index (κ1) is 17.9. The molecule has 0 aliphatic heterocycles. The van der Waals surface area contributed by atoms with Crippen LogP contribution in [0.25, 0.3) is 23.1 Å². The van der Waals surface area contributed by atoms with Gasteiger partial charge in [0.25, 0.3) is 0 Å². The van der Waals surface area contributed by atoms with Crippen LogP contribution in [0.3, 0.4) is 0 Å². The third-order valence-corrected chi connectivity index (χ3v) is 3.95. The first-order valence-electron chi connectivity index (χ1n) is 8.37. The van der Waals surface area contributed by atoms with Gasteiger partial charge in [-0.05, 0) is 35.9 Å². The largest absolute Gasteiger partial charge is 0.457 e. The molecule has 0 unspecified atom stereocenters. The Kier molecular flexibility index (Phi) is 5.33. The fourth-order valence-electron chi connectivity index (χ4n) is 2.53. The smallest absolute Gasteiger partial charge is 0.134 e. The number of hydrogen-bond acceptors (Lipinski definition) is 3. The summed E-state index contributed by atoms with van der Waals surface area (Å²) < 4.78 is 5.73. The van der Waals surface area contributed by atoms with Gasteiger partial charge < -0.3 is 15.9 Å². The maximum Gasteiger partial charge on any atom is 0.134 e. The van der Waals surface area contributed by atoms with E-state index in [0.29, 0.717) is 11.1 Å². The van der Waals surface area contributed by atoms with Crippen LogP contribution in [0.4, 0.5) is 0 Å². The van der Waals surface area contributed by atoms with Crippen molar-refractivity contribution in [1.29, 1.82) is 10.8 Å². The third kappa shape index (κ3) is 4.61. The van der Waals surface area contributed by atoms with Crippen molar-refractivity contribution in [2.45, 2.75) is 0 Å². The van der Waals surface area contributed by atoms with Gasteiger partial charge in [0.1, 0.15) is 23.0 Å². The van der Waals surface area contributed by atoms with Crippen LogP contribution < -0.4 is 11.5 Å². The van der Waals surface area contributed by atoms with Crippen molar-refractivity contribution in [3.05, 3.63) is 95.3 Å². The molecule has 5 nitrogen and oxygen atoms in total. The summed E-state index contributed by atoms with van der Waals surface area (Å²) in [6.07, 6.45) is 11.5. The number of nitrogens with two attached hydrogens (primary N) is 2. The highest BCUT2D eigenvalue weighted by atomic mass is 16.3. The highest BCUT2D eigenvalue weighted by Crippen LogP contribution is 2.21. The lowest BCUT2D eigenvalue weighted by Crippen LogP contribution is -2.10. The zero-order valence-corrected chi connectivity index (χ0v) is 14.6. The van der Waals surface area contributed by atoms with Crippen LogP contribution in [0.1, 0.15) is 22.5 Å². The molecule has 3 rings (SSSR count). The molecule has 0 spiro atoms. The third-order valence-electron chi connectivity index (χ3n) is 3.95. The van der Waals surface area contributed by atoms with Crippen LogP contribution in [0.5, 0.6) is 0 Å². The number of rotatable bonds is 6. The van der Waals surface area contributed by atoms with Crippen LogP contribution in [-0.4, -0.2) is 11.7 Å². The Morgan fingerprint density at radius 3 is 2.04 bits per heavy atom. The fraction of sp³-hybridized carbons (Fsp3) is 0. The van der Waals surface area contributed by atoms with E-state index in [1.54, 1.807) is 6.07 Å². The van der Waals surface area contributed by atoms with E-state index in [0.717, 1.165) is 22.3 Å². The highest BCUT2D eigenvalue weighted by molar-refractivity contribution is 5.98. The van der Waals surface area contributed by atoms with E-state index >= 15 is 0 Å². The number of amidine groups is 2. The zero-order valence-electron chi connectivity index (χ0n) is 14.6. The number of fused-ring (bicyclic) bond motifs is 1. The minimum Gasteiger partial charge on any atom is -0.457 e. The predicted molar refractivity (Wildman–Crippen MR) is 112 cm³/mol. The van der Waals surface area contributed by atoms with Gasteiger partial charge in [-0.1, -0.05) is 54.6 Å². The Morgan fingerprint density at radius 2 is 1.37 bits per heavy atom. The zero-order chi connectivity index (χ0) is 19.2. The number of benzene rings is 2. The van der Waals surface area contributed by atoms with Crippen molar-refractivity contribution in [3.63, 3.8) is 0 Å². The van der Waals surface area contributed by atoms with E-state index in [4.69, 9.17) is 26.7 Å². The SMILES string of the molecule is N=C(N)c1ccc(/C=C/C=C/C=C/c2cc3cc(C(=N)N)ccc3o2)cc1. The summed E-state index contributed by atoms with van der Waals surface area (Å²) in [5.74, 6) is 0.846. The second kappa shape index (κ2) is 8.01.